The number of benzene rings is 2. The molecule has 20 heavy (non-hydrogen) atoms. The Morgan fingerprint density at radius 3 is 1.95 bits per heavy atom. The number of nitrogens with one attached hydrogen (secondary N) is 2. The van der Waals surface area contributed by atoms with E-state index in [0.717, 1.165) is 5.69 Å². The first-order chi connectivity index (χ1) is 9.55. The van der Waals surface area contributed by atoms with Crippen LogP contribution in [0.15, 0.2) is 53.4 Å². The van der Waals surface area contributed by atoms with Crippen LogP contribution in [0.5, 0.6) is 5.75 Å². The number of rotatable bonds is 5. The van der Waals surface area contributed by atoms with Crippen LogP contribution in [0, 0.1) is 0 Å². The molecule has 0 saturated heterocycles. The molecule has 0 aromatic heterocycles. The SMILES string of the molecule is CNc1ccc(NS(=O)(=O)c2ccc(OC)cc2)cc1. The fraction of sp³-hybridized carbons (Fsp3) is 0.143. The fourth-order valence-corrected chi connectivity index (χ4v) is 2.73. The van der Waals surface area contributed by atoms with E-state index in [1.54, 1.807) is 43.4 Å². The lowest BCUT2D eigenvalue weighted by atomic mass is 10.3. The second kappa shape index (κ2) is 5.83. The Morgan fingerprint density at radius 2 is 1.45 bits per heavy atom. The summed E-state index contributed by atoms with van der Waals surface area (Å²) in [4.78, 5) is 0.191. The predicted molar refractivity (Wildman–Crippen MR) is 79.8 cm³/mol. The lowest BCUT2D eigenvalue weighted by molar-refractivity contribution is 0.414. The average Bonchev–Trinajstić information content (AvgIpc) is 2.48. The topological polar surface area (TPSA) is 67.4 Å². The fourth-order valence-electron chi connectivity index (χ4n) is 1.67. The Bertz CT molecular complexity index is 665. The summed E-state index contributed by atoms with van der Waals surface area (Å²) in [5.74, 6) is 0.613. The number of hydrogen-bond acceptors (Lipinski definition) is 4. The molecule has 0 radical (unpaired) electrons. The van der Waals surface area contributed by atoms with Crippen LogP contribution >= 0.6 is 0 Å². The van der Waals surface area contributed by atoms with Gasteiger partial charge in [-0.25, -0.2) is 8.42 Å². The Kier molecular flexibility index (Phi) is 4.14. The third-order valence-electron chi connectivity index (χ3n) is 2.80. The molecule has 2 aromatic rings. The molecule has 2 rings (SSSR count). The van der Waals surface area contributed by atoms with Crippen molar-refractivity contribution in [1.29, 1.82) is 0 Å². The zero-order valence-corrected chi connectivity index (χ0v) is 12.1. The van der Waals surface area contributed by atoms with Gasteiger partial charge in [-0.05, 0) is 48.5 Å². The third-order valence-corrected chi connectivity index (χ3v) is 4.19. The summed E-state index contributed by atoms with van der Waals surface area (Å²) in [6, 6.07) is 13.2. The number of sulfonamides is 1. The van der Waals surface area contributed by atoms with Crippen molar-refractivity contribution in [3.8, 4) is 5.75 Å². The van der Waals surface area contributed by atoms with E-state index in [2.05, 4.69) is 10.0 Å². The molecule has 106 valence electrons. The smallest absolute Gasteiger partial charge is 0.261 e. The molecule has 2 aromatic carbocycles. The van der Waals surface area contributed by atoms with Gasteiger partial charge in [-0.15, -0.1) is 0 Å². The van der Waals surface area contributed by atoms with Crippen molar-refractivity contribution in [3.63, 3.8) is 0 Å². The molecule has 6 heteroatoms. The van der Waals surface area contributed by atoms with Crippen molar-refractivity contribution >= 4 is 21.4 Å². The van der Waals surface area contributed by atoms with E-state index in [9.17, 15) is 8.42 Å². The Labute approximate surface area is 118 Å². The number of ether oxygens (including phenoxy) is 1. The normalized spacial score (nSPS) is 10.9. The second-order valence-corrected chi connectivity index (χ2v) is 5.79. The molecule has 0 atom stereocenters. The van der Waals surface area contributed by atoms with E-state index in [4.69, 9.17) is 4.74 Å². The molecule has 2 N–H and O–H groups in total. The van der Waals surface area contributed by atoms with Crippen LogP contribution in [0.4, 0.5) is 11.4 Å². The Morgan fingerprint density at radius 1 is 0.900 bits per heavy atom. The van der Waals surface area contributed by atoms with Gasteiger partial charge in [-0.1, -0.05) is 0 Å². The van der Waals surface area contributed by atoms with Crippen LogP contribution in [-0.4, -0.2) is 22.6 Å². The van der Waals surface area contributed by atoms with Gasteiger partial charge in [0.2, 0.25) is 0 Å². The van der Waals surface area contributed by atoms with Gasteiger partial charge >= 0.3 is 0 Å². The summed E-state index contributed by atoms with van der Waals surface area (Å²) in [6.45, 7) is 0. The standard InChI is InChI=1S/C14H16N2O3S/c1-15-11-3-5-12(6-4-11)16-20(17,18)14-9-7-13(19-2)8-10-14/h3-10,15-16H,1-2H3. The first-order valence-electron chi connectivity index (χ1n) is 6.00. The average molecular weight is 292 g/mol. The van der Waals surface area contributed by atoms with E-state index in [-0.39, 0.29) is 4.90 Å². The maximum Gasteiger partial charge on any atom is 0.261 e. The highest BCUT2D eigenvalue weighted by Crippen LogP contribution is 2.20. The zero-order valence-electron chi connectivity index (χ0n) is 11.3. The largest absolute Gasteiger partial charge is 0.497 e. The van der Waals surface area contributed by atoms with E-state index in [1.165, 1.54) is 19.2 Å². The van der Waals surface area contributed by atoms with E-state index in [0.29, 0.717) is 11.4 Å². The van der Waals surface area contributed by atoms with Gasteiger partial charge in [0.15, 0.2) is 0 Å². The number of hydrogen-bond donors (Lipinski definition) is 2. The quantitative estimate of drug-likeness (QED) is 0.888. The van der Waals surface area contributed by atoms with Crippen molar-refractivity contribution in [2.75, 3.05) is 24.2 Å². The summed E-state index contributed by atoms with van der Waals surface area (Å²) in [6.07, 6.45) is 0. The van der Waals surface area contributed by atoms with Gasteiger partial charge in [0.05, 0.1) is 12.0 Å². The minimum absolute atomic E-state index is 0.191. The van der Waals surface area contributed by atoms with Gasteiger partial charge in [0.25, 0.3) is 10.0 Å². The molecule has 0 aliphatic carbocycles. The monoisotopic (exact) mass is 292 g/mol. The first kappa shape index (κ1) is 14.2. The third kappa shape index (κ3) is 3.21. The summed E-state index contributed by atoms with van der Waals surface area (Å²) >= 11 is 0. The first-order valence-corrected chi connectivity index (χ1v) is 7.48. The molecule has 0 saturated carbocycles. The molecule has 0 unspecified atom stereocenters. The molecule has 0 bridgehead atoms. The van der Waals surface area contributed by atoms with Crippen molar-refractivity contribution in [2.45, 2.75) is 4.90 Å². The van der Waals surface area contributed by atoms with Gasteiger partial charge in [0.1, 0.15) is 5.75 Å². The van der Waals surface area contributed by atoms with Crippen molar-refractivity contribution in [3.05, 3.63) is 48.5 Å². The summed E-state index contributed by atoms with van der Waals surface area (Å²) in [7, 11) is -0.249. The molecule has 0 heterocycles. The highest BCUT2D eigenvalue weighted by molar-refractivity contribution is 7.92. The van der Waals surface area contributed by atoms with Gasteiger partial charge < -0.3 is 10.1 Å². The summed E-state index contributed by atoms with van der Waals surface area (Å²) in [5, 5.41) is 2.97. The van der Waals surface area contributed by atoms with Crippen LogP contribution in [-0.2, 0) is 10.0 Å². The van der Waals surface area contributed by atoms with Gasteiger partial charge in [0, 0.05) is 18.4 Å². The van der Waals surface area contributed by atoms with E-state index < -0.39 is 10.0 Å². The number of anilines is 2. The van der Waals surface area contributed by atoms with Crippen LogP contribution in [0.25, 0.3) is 0 Å². The van der Waals surface area contributed by atoms with Crippen molar-refractivity contribution < 1.29 is 13.2 Å². The van der Waals surface area contributed by atoms with Crippen molar-refractivity contribution in [1.82, 2.24) is 0 Å². The molecule has 0 aliphatic rings. The highest BCUT2D eigenvalue weighted by atomic mass is 32.2. The minimum atomic E-state index is -3.58. The maximum absolute atomic E-state index is 12.2. The van der Waals surface area contributed by atoms with E-state index in [1.807, 2.05) is 0 Å². The lowest BCUT2D eigenvalue weighted by Gasteiger charge is -2.09. The van der Waals surface area contributed by atoms with Crippen molar-refractivity contribution in [2.24, 2.45) is 0 Å². The molecule has 5 nitrogen and oxygen atoms in total. The molecule has 0 fully saturated rings. The zero-order chi connectivity index (χ0) is 14.6. The molecule has 0 aliphatic heterocycles. The molecule has 0 amide bonds. The van der Waals surface area contributed by atoms with E-state index >= 15 is 0 Å². The lowest BCUT2D eigenvalue weighted by Crippen LogP contribution is -2.12. The Balaban J connectivity index is 2.20. The van der Waals surface area contributed by atoms with Crippen LogP contribution < -0.4 is 14.8 Å². The maximum atomic E-state index is 12.2. The minimum Gasteiger partial charge on any atom is -0.497 e. The Hall–Kier alpha value is -2.21. The van der Waals surface area contributed by atoms with Crippen LogP contribution in [0.2, 0.25) is 0 Å². The second-order valence-electron chi connectivity index (χ2n) is 4.11. The molecular weight excluding hydrogens is 276 g/mol. The molecular formula is C14H16N2O3S. The molecule has 0 spiro atoms. The summed E-state index contributed by atoms with van der Waals surface area (Å²) in [5.41, 5.74) is 1.43. The number of methoxy groups -OCH3 is 1. The van der Waals surface area contributed by atoms with Crippen LogP contribution in [0.3, 0.4) is 0 Å². The highest BCUT2D eigenvalue weighted by Gasteiger charge is 2.13. The summed E-state index contributed by atoms with van der Waals surface area (Å²) < 4.78 is 31.9. The van der Waals surface area contributed by atoms with Gasteiger partial charge in [-0.2, -0.15) is 0 Å². The predicted octanol–water partition coefficient (Wildman–Crippen LogP) is 2.54. The van der Waals surface area contributed by atoms with Gasteiger partial charge in [-0.3, -0.25) is 4.72 Å². The van der Waals surface area contributed by atoms with Crippen LogP contribution in [0.1, 0.15) is 0 Å².